The molecule has 0 saturated carbocycles. The monoisotopic (exact) mass is 278 g/mol. The van der Waals surface area contributed by atoms with E-state index in [9.17, 15) is 9.18 Å². The Kier molecular flexibility index (Phi) is 3.88. The summed E-state index contributed by atoms with van der Waals surface area (Å²) in [5.74, 6) is -0.340. The minimum atomic E-state index is -0.513. The molecule has 2 aromatic rings. The van der Waals surface area contributed by atoms with E-state index in [4.69, 9.17) is 10.5 Å². The second-order valence-electron chi connectivity index (χ2n) is 4.21. The first-order valence-corrected chi connectivity index (χ1v) is 5.91. The highest BCUT2D eigenvalue weighted by Gasteiger charge is 2.11. The molecule has 1 aromatic carbocycles. The van der Waals surface area contributed by atoms with Crippen molar-refractivity contribution in [3.05, 3.63) is 41.3 Å². The first kappa shape index (κ1) is 13.9. The van der Waals surface area contributed by atoms with Crippen molar-refractivity contribution < 1.29 is 13.9 Å². The Morgan fingerprint density at radius 2 is 2.30 bits per heavy atom. The van der Waals surface area contributed by atoms with Crippen molar-refractivity contribution in [1.29, 1.82) is 0 Å². The van der Waals surface area contributed by atoms with Crippen molar-refractivity contribution >= 4 is 11.7 Å². The number of nitrogens with one attached hydrogen (secondary N) is 1. The third-order valence-electron chi connectivity index (χ3n) is 2.92. The first-order chi connectivity index (χ1) is 9.52. The van der Waals surface area contributed by atoms with Crippen molar-refractivity contribution in [2.45, 2.75) is 6.54 Å². The van der Waals surface area contributed by atoms with Crippen LogP contribution in [0.3, 0.4) is 0 Å². The van der Waals surface area contributed by atoms with E-state index in [1.54, 1.807) is 13.2 Å². The Morgan fingerprint density at radius 3 is 2.90 bits per heavy atom. The minimum absolute atomic E-state index is 0.0264. The number of methoxy groups -OCH3 is 1. The summed E-state index contributed by atoms with van der Waals surface area (Å²) in [6.07, 6.45) is 1.58. The van der Waals surface area contributed by atoms with Crippen molar-refractivity contribution in [3.63, 3.8) is 0 Å². The SMILES string of the molecule is COc1cc(C(=O)NCc2cnn(C)c2N)ccc1F. The van der Waals surface area contributed by atoms with Crippen LogP contribution in [0.5, 0.6) is 5.75 Å². The first-order valence-electron chi connectivity index (χ1n) is 5.91. The number of ether oxygens (including phenoxy) is 1. The molecule has 0 unspecified atom stereocenters. The largest absolute Gasteiger partial charge is 0.494 e. The highest BCUT2D eigenvalue weighted by Crippen LogP contribution is 2.18. The van der Waals surface area contributed by atoms with E-state index in [1.807, 2.05) is 0 Å². The number of anilines is 1. The topological polar surface area (TPSA) is 82.2 Å². The number of nitrogens with zero attached hydrogens (tertiary/aromatic N) is 2. The molecule has 0 radical (unpaired) electrons. The van der Waals surface area contributed by atoms with Gasteiger partial charge in [-0.15, -0.1) is 0 Å². The summed E-state index contributed by atoms with van der Waals surface area (Å²) in [4.78, 5) is 12.0. The fourth-order valence-corrected chi connectivity index (χ4v) is 1.71. The maximum absolute atomic E-state index is 13.3. The minimum Gasteiger partial charge on any atom is -0.494 e. The number of carbonyl (C=O) groups excluding carboxylic acids is 1. The highest BCUT2D eigenvalue weighted by atomic mass is 19.1. The molecule has 0 aliphatic rings. The lowest BCUT2D eigenvalue weighted by Gasteiger charge is -2.07. The summed E-state index contributed by atoms with van der Waals surface area (Å²) >= 11 is 0. The number of benzene rings is 1. The molecule has 1 amide bonds. The van der Waals surface area contributed by atoms with Crippen LogP contribution in [0.25, 0.3) is 0 Å². The van der Waals surface area contributed by atoms with Gasteiger partial charge >= 0.3 is 0 Å². The third-order valence-corrected chi connectivity index (χ3v) is 2.92. The molecule has 0 atom stereocenters. The standard InChI is InChI=1S/C13H15FN4O2/c1-18-12(15)9(7-17-18)6-16-13(19)8-3-4-10(14)11(5-8)20-2/h3-5,7H,6,15H2,1-2H3,(H,16,19). The van der Waals surface area contributed by atoms with E-state index in [0.29, 0.717) is 11.4 Å². The van der Waals surface area contributed by atoms with Crippen molar-refractivity contribution in [2.75, 3.05) is 12.8 Å². The smallest absolute Gasteiger partial charge is 0.251 e. The molecule has 1 heterocycles. The van der Waals surface area contributed by atoms with E-state index < -0.39 is 5.82 Å². The molecule has 7 heteroatoms. The molecule has 1 aromatic heterocycles. The number of aromatic nitrogens is 2. The van der Waals surface area contributed by atoms with E-state index in [0.717, 1.165) is 5.56 Å². The Morgan fingerprint density at radius 1 is 1.55 bits per heavy atom. The molecule has 6 nitrogen and oxygen atoms in total. The van der Waals surface area contributed by atoms with Crippen LogP contribution in [0, 0.1) is 5.82 Å². The summed E-state index contributed by atoms with van der Waals surface area (Å²) in [7, 11) is 3.06. The number of halogens is 1. The van der Waals surface area contributed by atoms with Crippen LogP contribution >= 0.6 is 0 Å². The van der Waals surface area contributed by atoms with Gasteiger partial charge in [-0.2, -0.15) is 5.10 Å². The summed E-state index contributed by atoms with van der Waals surface area (Å²) in [6, 6.07) is 3.92. The quantitative estimate of drug-likeness (QED) is 0.876. The number of amides is 1. The van der Waals surface area contributed by atoms with Crippen molar-refractivity contribution in [1.82, 2.24) is 15.1 Å². The molecule has 3 N–H and O–H groups in total. The molecular formula is C13H15FN4O2. The molecule has 0 fully saturated rings. The van der Waals surface area contributed by atoms with Gasteiger partial charge in [0.1, 0.15) is 5.82 Å². The van der Waals surface area contributed by atoms with Gasteiger partial charge in [0.05, 0.1) is 13.3 Å². The van der Waals surface area contributed by atoms with Crippen LogP contribution in [0.1, 0.15) is 15.9 Å². The number of aryl methyl sites for hydroxylation is 1. The van der Waals surface area contributed by atoms with Crippen LogP contribution in [-0.2, 0) is 13.6 Å². The van der Waals surface area contributed by atoms with E-state index >= 15 is 0 Å². The van der Waals surface area contributed by atoms with Gasteiger partial charge < -0.3 is 15.8 Å². The molecule has 2 rings (SSSR count). The maximum Gasteiger partial charge on any atom is 0.251 e. The molecule has 106 valence electrons. The summed E-state index contributed by atoms with van der Waals surface area (Å²) < 4.78 is 19.6. The van der Waals surface area contributed by atoms with Gasteiger partial charge in [0, 0.05) is 24.7 Å². The zero-order valence-corrected chi connectivity index (χ0v) is 11.2. The fraction of sp³-hybridized carbons (Fsp3) is 0.231. The summed E-state index contributed by atoms with van der Waals surface area (Å²) in [6.45, 7) is 0.248. The molecule has 0 aliphatic carbocycles. The van der Waals surface area contributed by atoms with Gasteiger partial charge in [-0.3, -0.25) is 9.48 Å². The highest BCUT2D eigenvalue weighted by molar-refractivity contribution is 5.94. The van der Waals surface area contributed by atoms with Crippen LogP contribution in [0.4, 0.5) is 10.2 Å². The van der Waals surface area contributed by atoms with E-state index in [2.05, 4.69) is 10.4 Å². The van der Waals surface area contributed by atoms with Gasteiger partial charge in [0.2, 0.25) is 0 Å². The van der Waals surface area contributed by atoms with Crippen LogP contribution in [-0.4, -0.2) is 22.8 Å². The maximum atomic E-state index is 13.3. The summed E-state index contributed by atoms with van der Waals surface area (Å²) in [5.41, 5.74) is 6.80. The number of hydrogen-bond donors (Lipinski definition) is 2. The molecule has 0 bridgehead atoms. The average molecular weight is 278 g/mol. The van der Waals surface area contributed by atoms with Gasteiger partial charge in [-0.05, 0) is 18.2 Å². The fourth-order valence-electron chi connectivity index (χ4n) is 1.71. The second kappa shape index (κ2) is 5.60. The van der Waals surface area contributed by atoms with Gasteiger partial charge in [-0.25, -0.2) is 4.39 Å². The predicted molar refractivity (Wildman–Crippen MR) is 71.7 cm³/mol. The summed E-state index contributed by atoms with van der Waals surface area (Å²) in [5, 5.41) is 6.67. The zero-order chi connectivity index (χ0) is 14.7. The molecule has 0 spiro atoms. The normalized spacial score (nSPS) is 10.3. The van der Waals surface area contributed by atoms with Crippen molar-refractivity contribution in [2.24, 2.45) is 7.05 Å². The van der Waals surface area contributed by atoms with Crippen LogP contribution in [0.15, 0.2) is 24.4 Å². The Labute approximate surface area is 115 Å². The van der Waals surface area contributed by atoms with E-state index in [1.165, 1.54) is 30.0 Å². The van der Waals surface area contributed by atoms with Crippen LogP contribution < -0.4 is 15.8 Å². The third kappa shape index (κ3) is 2.71. The van der Waals surface area contributed by atoms with Crippen molar-refractivity contribution in [3.8, 4) is 5.75 Å². The lowest BCUT2D eigenvalue weighted by Crippen LogP contribution is -2.23. The Hall–Kier alpha value is -2.57. The predicted octanol–water partition coefficient (Wildman–Crippen LogP) is 1.08. The molecule has 20 heavy (non-hydrogen) atoms. The second-order valence-corrected chi connectivity index (χ2v) is 4.21. The zero-order valence-electron chi connectivity index (χ0n) is 11.2. The molecule has 0 aliphatic heterocycles. The number of carbonyl (C=O) groups is 1. The van der Waals surface area contributed by atoms with Gasteiger partial charge in [0.15, 0.2) is 11.6 Å². The lowest BCUT2D eigenvalue weighted by molar-refractivity contribution is 0.0950. The molecular weight excluding hydrogens is 263 g/mol. The average Bonchev–Trinajstić information content (AvgIpc) is 2.76. The number of nitrogens with two attached hydrogens (primary N) is 1. The Balaban J connectivity index is 2.07. The number of hydrogen-bond acceptors (Lipinski definition) is 4. The number of rotatable bonds is 4. The Bertz CT molecular complexity index is 639. The van der Waals surface area contributed by atoms with Gasteiger partial charge in [-0.1, -0.05) is 0 Å². The van der Waals surface area contributed by atoms with E-state index in [-0.39, 0.29) is 18.2 Å². The van der Waals surface area contributed by atoms with Gasteiger partial charge in [0.25, 0.3) is 5.91 Å². The van der Waals surface area contributed by atoms with Crippen LogP contribution in [0.2, 0.25) is 0 Å². The molecule has 0 saturated heterocycles. The number of nitrogen functional groups attached to an aromatic ring is 1. The lowest BCUT2D eigenvalue weighted by atomic mass is 10.2.